The van der Waals surface area contributed by atoms with Gasteiger partial charge >= 0.3 is 0 Å². The van der Waals surface area contributed by atoms with Crippen LogP contribution in [0.4, 0.5) is 5.95 Å². The molecule has 3 N–H and O–H groups in total. The van der Waals surface area contributed by atoms with Crippen LogP contribution in [-0.2, 0) is 0 Å². The first-order valence-corrected chi connectivity index (χ1v) is 4.65. The van der Waals surface area contributed by atoms with Crippen molar-refractivity contribution in [3.63, 3.8) is 0 Å². The standard InChI is InChI=1S/C8H9N5OS/c1-3-5(14-4(2)10-3)6-11-7(9)13-8(15)12-6/h1-2H3,(H3,9,11,12,13,15). The summed E-state index contributed by atoms with van der Waals surface area (Å²) in [6, 6.07) is 0. The van der Waals surface area contributed by atoms with E-state index in [-0.39, 0.29) is 10.7 Å². The number of anilines is 1. The van der Waals surface area contributed by atoms with Crippen LogP contribution in [0.3, 0.4) is 0 Å². The fraction of sp³-hybridized carbons (Fsp3) is 0.250. The zero-order valence-corrected chi connectivity index (χ0v) is 9.05. The lowest BCUT2D eigenvalue weighted by atomic mass is 10.3. The summed E-state index contributed by atoms with van der Waals surface area (Å²) >= 11 is 4.85. The molecule has 2 aromatic rings. The van der Waals surface area contributed by atoms with E-state index >= 15 is 0 Å². The summed E-state index contributed by atoms with van der Waals surface area (Å²) in [5.74, 6) is 1.76. The van der Waals surface area contributed by atoms with Gasteiger partial charge in [0.05, 0.1) is 5.69 Å². The lowest BCUT2D eigenvalue weighted by Gasteiger charge is -1.98. The first kappa shape index (κ1) is 9.78. The van der Waals surface area contributed by atoms with Crippen molar-refractivity contribution < 1.29 is 4.42 Å². The number of nitrogens with two attached hydrogens (primary N) is 1. The molecule has 2 heterocycles. The number of aromatic nitrogens is 4. The fourth-order valence-corrected chi connectivity index (χ4v) is 1.45. The van der Waals surface area contributed by atoms with Crippen molar-refractivity contribution in [2.45, 2.75) is 13.8 Å². The van der Waals surface area contributed by atoms with Gasteiger partial charge in [-0.25, -0.2) is 4.98 Å². The molecule has 2 aromatic heterocycles. The molecule has 0 saturated carbocycles. The number of nitrogen functional groups attached to an aromatic ring is 1. The van der Waals surface area contributed by atoms with Gasteiger partial charge in [0.15, 0.2) is 17.5 Å². The van der Waals surface area contributed by atoms with E-state index in [0.29, 0.717) is 17.5 Å². The van der Waals surface area contributed by atoms with Crippen LogP contribution in [0.25, 0.3) is 11.6 Å². The minimum atomic E-state index is 0.176. The fourth-order valence-electron chi connectivity index (χ4n) is 1.26. The second kappa shape index (κ2) is 3.43. The Morgan fingerprint density at radius 1 is 1.27 bits per heavy atom. The topological polar surface area (TPSA) is 93.6 Å². The SMILES string of the molecule is Cc1nc(C)c(-c2nc(=S)nc(N)[nH]2)o1. The maximum Gasteiger partial charge on any atom is 0.224 e. The first-order chi connectivity index (χ1) is 7.06. The summed E-state index contributed by atoms with van der Waals surface area (Å²) in [5.41, 5.74) is 6.25. The molecule has 0 unspecified atom stereocenters. The molecule has 0 fully saturated rings. The van der Waals surface area contributed by atoms with Crippen molar-refractivity contribution >= 4 is 18.2 Å². The predicted molar refractivity (Wildman–Crippen MR) is 56.6 cm³/mol. The number of aryl methyl sites for hydroxylation is 2. The van der Waals surface area contributed by atoms with Gasteiger partial charge in [-0.15, -0.1) is 0 Å². The van der Waals surface area contributed by atoms with E-state index < -0.39 is 0 Å². The average Bonchev–Trinajstić information content (AvgIpc) is 2.43. The number of aromatic amines is 1. The lowest BCUT2D eigenvalue weighted by Crippen LogP contribution is -1.99. The van der Waals surface area contributed by atoms with E-state index in [4.69, 9.17) is 22.4 Å². The van der Waals surface area contributed by atoms with Gasteiger partial charge < -0.3 is 15.1 Å². The molecule has 78 valence electrons. The molecule has 6 nitrogen and oxygen atoms in total. The van der Waals surface area contributed by atoms with Gasteiger partial charge in [0, 0.05) is 6.92 Å². The Balaban J connectivity index is 2.63. The Morgan fingerprint density at radius 2 is 2.00 bits per heavy atom. The molecule has 0 aromatic carbocycles. The second-order valence-electron chi connectivity index (χ2n) is 3.01. The van der Waals surface area contributed by atoms with E-state index in [1.165, 1.54) is 0 Å². The van der Waals surface area contributed by atoms with Crippen molar-refractivity contribution in [3.8, 4) is 11.6 Å². The molecule has 0 spiro atoms. The van der Waals surface area contributed by atoms with Crippen LogP contribution in [0.2, 0.25) is 0 Å². The Labute approximate surface area is 90.6 Å². The zero-order valence-electron chi connectivity index (χ0n) is 8.24. The molecule has 0 aliphatic rings. The quantitative estimate of drug-likeness (QED) is 0.709. The monoisotopic (exact) mass is 223 g/mol. The minimum absolute atomic E-state index is 0.176. The van der Waals surface area contributed by atoms with Gasteiger partial charge in [0.25, 0.3) is 0 Å². The molecular weight excluding hydrogens is 214 g/mol. The molecule has 7 heteroatoms. The largest absolute Gasteiger partial charge is 0.437 e. The number of nitrogens with zero attached hydrogens (tertiary/aromatic N) is 3. The van der Waals surface area contributed by atoms with Crippen LogP contribution in [0.5, 0.6) is 0 Å². The molecule has 0 radical (unpaired) electrons. The van der Waals surface area contributed by atoms with E-state index in [0.717, 1.165) is 5.69 Å². The van der Waals surface area contributed by atoms with Crippen molar-refractivity contribution in [3.05, 3.63) is 16.4 Å². The Bertz CT molecular complexity index is 558. The number of hydrogen-bond donors (Lipinski definition) is 2. The molecule has 0 saturated heterocycles. The van der Waals surface area contributed by atoms with E-state index in [1.807, 2.05) is 6.92 Å². The van der Waals surface area contributed by atoms with Crippen LogP contribution in [0, 0.1) is 18.6 Å². The van der Waals surface area contributed by atoms with Crippen molar-refractivity contribution in [2.24, 2.45) is 0 Å². The average molecular weight is 223 g/mol. The highest BCUT2D eigenvalue weighted by Crippen LogP contribution is 2.20. The van der Waals surface area contributed by atoms with Crippen molar-refractivity contribution in [1.29, 1.82) is 0 Å². The highest BCUT2D eigenvalue weighted by atomic mass is 32.1. The first-order valence-electron chi connectivity index (χ1n) is 4.24. The van der Waals surface area contributed by atoms with E-state index in [2.05, 4.69) is 19.9 Å². The Kier molecular flexibility index (Phi) is 2.24. The third-order valence-electron chi connectivity index (χ3n) is 1.79. The van der Waals surface area contributed by atoms with Crippen molar-refractivity contribution in [1.82, 2.24) is 19.9 Å². The Hall–Kier alpha value is -1.76. The number of nitrogens with one attached hydrogen (secondary N) is 1. The summed E-state index contributed by atoms with van der Waals surface area (Å²) < 4.78 is 5.55. The van der Waals surface area contributed by atoms with Crippen LogP contribution >= 0.6 is 12.2 Å². The molecule has 0 aliphatic heterocycles. The summed E-state index contributed by atoms with van der Waals surface area (Å²) in [6.07, 6.45) is 0. The van der Waals surface area contributed by atoms with Crippen LogP contribution in [-0.4, -0.2) is 19.9 Å². The summed E-state index contributed by atoms with van der Waals surface area (Å²) in [5, 5.41) is 0. The summed E-state index contributed by atoms with van der Waals surface area (Å²) in [7, 11) is 0. The molecule has 2 rings (SSSR count). The van der Waals surface area contributed by atoms with Crippen LogP contribution in [0.1, 0.15) is 11.6 Å². The van der Waals surface area contributed by atoms with Gasteiger partial charge in [-0.3, -0.25) is 0 Å². The predicted octanol–water partition coefficient (Wildman–Crippen LogP) is 1.39. The number of hydrogen-bond acceptors (Lipinski definition) is 6. The van der Waals surface area contributed by atoms with Gasteiger partial charge in [0.2, 0.25) is 10.7 Å². The molecule has 15 heavy (non-hydrogen) atoms. The number of oxazole rings is 1. The maximum atomic E-state index is 5.52. The van der Waals surface area contributed by atoms with E-state index in [9.17, 15) is 0 Å². The molecule has 0 amide bonds. The molecule has 0 bridgehead atoms. The number of rotatable bonds is 1. The normalized spacial score (nSPS) is 10.5. The zero-order chi connectivity index (χ0) is 11.0. The van der Waals surface area contributed by atoms with E-state index in [1.54, 1.807) is 6.92 Å². The van der Waals surface area contributed by atoms with Gasteiger partial charge in [-0.1, -0.05) is 0 Å². The smallest absolute Gasteiger partial charge is 0.224 e. The lowest BCUT2D eigenvalue weighted by molar-refractivity contribution is 0.530. The van der Waals surface area contributed by atoms with Gasteiger partial charge in [-0.05, 0) is 19.1 Å². The number of H-pyrrole nitrogens is 1. The third kappa shape index (κ3) is 1.86. The molecular formula is C8H9N5OS. The molecule has 0 atom stereocenters. The molecule has 0 aliphatic carbocycles. The van der Waals surface area contributed by atoms with Crippen LogP contribution < -0.4 is 5.73 Å². The highest BCUT2D eigenvalue weighted by Gasteiger charge is 2.12. The minimum Gasteiger partial charge on any atom is -0.437 e. The second-order valence-corrected chi connectivity index (χ2v) is 3.38. The van der Waals surface area contributed by atoms with Crippen molar-refractivity contribution in [2.75, 3.05) is 5.73 Å². The third-order valence-corrected chi connectivity index (χ3v) is 1.97. The van der Waals surface area contributed by atoms with Crippen LogP contribution in [0.15, 0.2) is 4.42 Å². The van der Waals surface area contributed by atoms with Gasteiger partial charge in [-0.2, -0.15) is 9.97 Å². The van der Waals surface area contributed by atoms with Gasteiger partial charge in [0.1, 0.15) is 0 Å². The Morgan fingerprint density at radius 3 is 2.53 bits per heavy atom. The summed E-state index contributed by atoms with van der Waals surface area (Å²) in [4.78, 5) is 14.7. The highest BCUT2D eigenvalue weighted by molar-refractivity contribution is 7.71. The summed E-state index contributed by atoms with van der Waals surface area (Å²) in [6.45, 7) is 3.58. The maximum absolute atomic E-state index is 5.52.